The Balaban J connectivity index is 2.24. The largest absolute Gasteiger partial charge is 0.456 e. The third-order valence-corrected chi connectivity index (χ3v) is 2.92. The summed E-state index contributed by atoms with van der Waals surface area (Å²) in [6.07, 6.45) is -4.19. The molecule has 2 aliphatic heterocycles. The molecule has 0 aromatic rings. The molecule has 0 N–H and O–H groups in total. The van der Waals surface area contributed by atoms with E-state index in [2.05, 4.69) is 0 Å². The van der Waals surface area contributed by atoms with Gasteiger partial charge in [-0.1, -0.05) is 0 Å². The molecule has 20 heavy (non-hydrogen) atoms. The summed E-state index contributed by atoms with van der Waals surface area (Å²) in [4.78, 5) is 33.6. The van der Waals surface area contributed by atoms with Gasteiger partial charge in [-0.2, -0.15) is 0 Å². The first-order valence-corrected chi connectivity index (χ1v) is 6.17. The Hall–Kier alpha value is -1.67. The minimum absolute atomic E-state index is 0.165. The molecule has 112 valence electrons. The first-order valence-electron chi connectivity index (χ1n) is 6.17. The number of carbonyl (C=O) groups is 3. The van der Waals surface area contributed by atoms with Crippen LogP contribution in [0.15, 0.2) is 0 Å². The maximum atomic E-state index is 11.2. The molecule has 0 amide bonds. The van der Waals surface area contributed by atoms with Gasteiger partial charge < -0.3 is 23.7 Å². The Kier molecular flexibility index (Phi) is 4.24. The molecule has 0 unspecified atom stereocenters. The van der Waals surface area contributed by atoms with Crippen LogP contribution in [0, 0.1) is 0 Å². The lowest BCUT2D eigenvalue weighted by atomic mass is 10.00. The van der Waals surface area contributed by atoms with Crippen molar-refractivity contribution >= 4 is 17.9 Å². The van der Waals surface area contributed by atoms with Gasteiger partial charge in [-0.25, -0.2) is 0 Å². The number of esters is 3. The smallest absolute Gasteiger partial charge is 0.303 e. The summed E-state index contributed by atoms with van der Waals surface area (Å²) in [5.74, 6) is -1.71. The van der Waals surface area contributed by atoms with E-state index in [0.29, 0.717) is 0 Å². The monoisotopic (exact) mass is 288 g/mol. The van der Waals surface area contributed by atoms with Gasteiger partial charge in [-0.15, -0.1) is 0 Å². The van der Waals surface area contributed by atoms with Crippen molar-refractivity contribution in [2.45, 2.75) is 51.5 Å². The molecule has 8 heteroatoms. The van der Waals surface area contributed by atoms with Crippen LogP contribution in [-0.4, -0.2) is 55.2 Å². The maximum Gasteiger partial charge on any atom is 0.303 e. The summed E-state index contributed by atoms with van der Waals surface area (Å²) in [5, 5.41) is 0. The SMILES string of the molecule is CC(=O)O[C@H]1[C@H](OC(C)=O)[C@H]2OC[C@@H](O2)[C@H]1OC(C)=O. The van der Waals surface area contributed by atoms with Gasteiger partial charge in [0.25, 0.3) is 0 Å². The Morgan fingerprint density at radius 1 is 0.850 bits per heavy atom. The fourth-order valence-electron chi connectivity index (χ4n) is 2.31. The molecule has 2 rings (SSSR count). The standard InChI is InChI=1S/C12H16O8/c1-5(13)17-9-8-4-16-12(20-8)11(19-7(3)15)10(9)18-6(2)14/h8-12H,4H2,1-3H3/t8-,9-,10-,11+,12+/m1/s1. The van der Waals surface area contributed by atoms with Crippen LogP contribution in [0.3, 0.4) is 0 Å². The summed E-state index contributed by atoms with van der Waals surface area (Å²) in [6, 6.07) is 0. The van der Waals surface area contributed by atoms with Gasteiger partial charge in [0.1, 0.15) is 6.10 Å². The molecule has 0 saturated carbocycles. The van der Waals surface area contributed by atoms with Crippen molar-refractivity contribution in [3.8, 4) is 0 Å². The minimum Gasteiger partial charge on any atom is -0.456 e. The topological polar surface area (TPSA) is 97.4 Å². The second kappa shape index (κ2) is 5.76. The van der Waals surface area contributed by atoms with Crippen molar-refractivity contribution in [3.63, 3.8) is 0 Å². The van der Waals surface area contributed by atoms with E-state index in [-0.39, 0.29) is 6.61 Å². The van der Waals surface area contributed by atoms with Gasteiger partial charge in [0, 0.05) is 20.8 Å². The van der Waals surface area contributed by atoms with E-state index in [1.807, 2.05) is 0 Å². The highest BCUT2D eigenvalue weighted by atomic mass is 16.8. The zero-order chi connectivity index (χ0) is 14.9. The summed E-state index contributed by atoms with van der Waals surface area (Å²) >= 11 is 0. The predicted octanol–water partition coefficient (Wildman–Crippen LogP) is -0.463. The Morgan fingerprint density at radius 2 is 1.35 bits per heavy atom. The van der Waals surface area contributed by atoms with Crippen molar-refractivity contribution in [1.82, 2.24) is 0 Å². The third-order valence-electron chi connectivity index (χ3n) is 2.92. The molecule has 0 radical (unpaired) electrons. The van der Waals surface area contributed by atoms with Crippen LogP contribution < -0.4 is 0 Å². The van der Waals surface area contributed by atoms with Gasteiger partial charge in [0.2, 0.25) is 0 Å². The van der Waals surface area contributed by atoms with E-state index in [0.717, 1.165) is 0 Å². The number of rotatable bonds is 3. The van der Waals surface area contributed by atoms with Crippen LogP contribution in [0.4, 0.5) is 0 Å². The van der Waals surface area contributed by atoms with E-state index < -0.39 is 48.6 Å². The summed E-state index contributed by atoms with van der Waals surface area (Å²) in [5.41, 5.74) is 0. The zero-order valence-corrected chi connectivity index (χ0v) is 11.4. The van der Waals surface area contributed by atoms with E-state index >= 15 is 0 Å². The molecule has 2 bridgehead atoms. The Labute approximate surface area is 115 Å². The highest BCUT2D eigenvalue weighted by Crippen LogP contribution is 2.33. The normalized spacial score (nSPS) is 35.2. The first-order chi connectivity index (χ1) is 9.38. The van der Waals surface area contributed by atoms with Gasteiger partial charge in [0.05, 0.1) is 6.61 Å². The molecule has 5 atom stereocenters. The van der Waals surface area contributed by atoms with Crippen molar-refractivity contribution < 1.29 is 38.1 Å². The number of ether oxygens (including phenoxy) is 5. The zero-order valence-electron chi connectivity index (χ0n) is 11.4. The first kappa shape index (κ1) is 14.7. The summed E-state index contributed by atoms with van der Waals surface area (Å²) < 4.78 is 26.2. The fourth-order valence-corrected chi connectivity index (χ4v) is 2.31. The molecule has 2 aliphatic rings. The van der Waals surface area contributed by atoms with E-state index in [1.165, 1.54) is 20.8 Å². The van der Waals surface area contributed by atoms with Crippen LogP contribution in [0.5, 0.6) is 0 Å². The molecule has 0 aliphatic carbocycles. The summed E-state index contributed by atoms with van der Waals surface area (Å²) in [7, 11) is 0. The van der Waals surface area contributed by atoms with Crippen LogP contribution in [-0.2, 0) is 38.1 Å². The van der Waals surface area contributed by atoms with Crippen LogP contribution in [0.25, 0.3) is 0 Å². The maximum absolute atomic E-state index is 11.2. The van der Waals surface area contributed by atoms with Crippen molar-refractivity contribution in [1.29, 1.82) is 0 Å². The van der Waals surface area contributed by atoms with Crippen molar-refractivity contribution in [3.05, 3.63) is 0 Å². The van der Waals surface area contributed by atoms with Gasteiger partial charge >= 0.3 is 17.9 Å². The van der Waals surface area contributed by atoms with Crippen LogP contribution >= 0.6 is 0 Å². The third kappa shape index (κ3) is 3.07. The van der Waals surface area contributed by atoms with Crippen molar-refractivity contribution in [2.75, 3.05) is 6.61 Å². The van der Waals surface area contributed by atoms with Crippen LogP contribution in [0.2, 0.25) is 0 Å². The van der Waals surface area contributed by atoms with E-state index in [1.54, 1.807) is 0 Å². The number of hydrogen-bond donors (Lipinski definition) is 0. The predicted molar refractivity (Wildman–Crippen MR) is 61.3 cm³/mol. The molecule has 2 saturated heterocycles. The van der Waals surface area contributed by atoms with Gasteiger partial charge in [-0.3, -0.25) is 14.4 Å². The number of hydrogen-bond acceptors (Lipinski definition) is 8. The average molecular weight is 288 g/mol. The molecule has 2 fully saturated rings. The Morgan fingerprint density at radius 3 is 1.90 bits per heavy atom. The minimum atomic E-state index is -0.973. The highest BCUT2D eigenvalue weighted by molar-refractivity contribution is 5.68. The van der Waals surface area contributed by atoms with Gasteiger partial charge in [0.15, 0.2) is 24.6 Å². The second-order valence-corrected chi connectivity index (χ2v) is 4.60. The Bertz CT molecular complexity index is 390. The molecular formula is C12H16O8. The molecule has 8 nitrogen and oxygen atoms in total. The highest BCUT2D eigenvalue weighted by Gasteiger charge is 2.55. The molecule has 0 spiro atoms. The average Bonchev–Trinajstić information content (AvgIpc) is 2.74. The van der Waals surface area contributed by atoms with Gasteiger partial charge in [-0.05, 0) is 0 Å². The van der Waals surface area contributed by atoms with E-state index in [4.69, 9.17) is 23.7 Å². The van der Waals surface area contributed by atoms with Crippen molar-refractivity contribution in [2.24, 2.45) is 0 Å². The second-order valence-electron chi connectivity index (χ2n) is 4.60. The van der Waals surface area contributed by atoms with E-state index in [9.17, 15) is 14.4 Å². The molecular weight excluding hydrogens is 272 g/mol. The quantitative estimate of drug-likeness (QED) is 0.508. The molecule has 2 heterocycles. The summed E-state index contributed by atoms with van der Waals surface area (Å²) in [6.45, 7) is 3.83. The lowest BCUT2D eigenvalue weighted by Gasteiger charge is -2.38. The number of fused-ring (bicyclic) bond motifs is 2. The van der Waals surface area contributed by atoms with Crippen LogP contribution in [0.1, 0.15) is 20.8 Å². The lowest BCUT2D eigenvalue weighted by molar-refractivity contribution is -0.250. The fraction of sp³-hybridized carbons (Fsp3) is 0.750. The molecule has 0 aromatic heterocycles. The number of carbonyl (C=O) groups excluding carboxylic acids is 3. The molecule has 0 aromatic carbocycles. The lowest BCUT2D eigenvalue weighted by Crippen LogP contribution is -2.58.